The van der Waals surface area contributed by atoms with Gasteiger partial charge in [0.25, 0.3) is 0 Å². The van der Waals surface area contributed by atoms with E-state index in [2.05, 4.69) is 21.3 Å². The summed E-state index contributed by atoms with van der Waals surface area (Å²) in [6.45, 7) is 5.74. The van der Waals surface area contributed by atoms with Crippen LogP contribution in [0.15, 0.2) is 60.7 Å². The van der Waals surface area contributed by atoms with E-state index in [1.54, 1.807) is 51.1 Å². The van der Waals surface area contributed by atoms with Gasteiger partial charge in [0.15, 0.2) is 0 Å². The molecular formula is C29H38N4O8. The molecule has 0 fully saturated rings. The number of alkyl carbamates (subject to hydrolysis) is 1. The van der Waals surface area contributed by atoms with Crippen LogP contribution in [0.1, 0.15) is 38.8 Å². The standard InChI is InChI=1S/C29H38N4O8/c1-19(31-28(39)41-29(2,3)4)25(36)33-23(18-40-17-21-13-9-6-10-14-21)27(38)32-22(26(37)30-16-24(34)35)15-20-11-7-5-8-12-20/h5-14,19,22-23H,15-18H2,1-4H3,(H,30,37)(H,31,39)(H,32,38)(H,33,36)(H,34,35)/t19-,22-,23-/m0/s1. The van der Waals surface area contributed by atoms with E-state index in [1.165, 1.54) is 6.92 Å². The predicted octanol–water partition coefficient (Wildman–Crippen LogP) is 1.53. The minimum Gasteiger partial charge on any atom is -0.480 e. The molecule has 12 heteroatoms. The minimum atomic E-state index is -1.25. The largest absolute Gasteiger partial charge is 0.480 e. The molecule has 0 aliphatic rings. The van der Waals surface area contributed by atoms with Crippen molar-refractivity contribution >= 4 is 29.8 Å². The van der Waals surface area contributed by atoms with Crippen LogP contribution in [0, 0.1) is 0 Å². The number of carbonyl (C=O) groups excluding carboxylic acids is 4. The summed E-state index contributed by atoms with van der Waals surface area (Å²) in [6, 6.07) is 14.6. The molecule has 5 N–H and O–H groups in total. The van der Waals surface area contributed by atoms with Gasteiger partial charge in [0, 0.05) is 6.42 Å². The number of amides is 4. The molecule has 12 nitrogen and oxygen atoms in total. The van der Waals surface area contributed by atoms with Crippen molar-refractivity contribution in [3.8, 4) is 0 Å². The highest BCUT2D eigenvalue weighted by Gasteiger charge is 2.29. The third-order valence-electron chi connectivity index (χ3n) is 5.49. The Labute approximate surface area is 239 Å². The summed E-state index contributed by atoms with van der Waals surface area (Å²) in [5, 5.41) is 18.8. The second kappa shape index (κ2) is 16.0. The predicted molar refractivity (Wildman–Crippen MR) is 150 cm³/mol. The number of aliphatic carboxylic acids is 1. The molecule has 0 unspecified atom stereocenters. The molecule has 41 heavy (non-hydrogen) atoms. The Morgan fingerprint density at radius 1 is 0.780 bits per heavy atom. The second-order valence-corrected chi connectivity index (χ2v) is 10.3. The maximum Gasteiger partial charge on any atom is 0.408 e. The van der Waals surface area contributed by atoms with Crippen LogP contribution in [0.5, 0.6) is 0 Å². The molecule has 0 spiro atoms. The first-order valence-corrected chi connectivity index (χ1v) is 13.1. The number of hydrogen-bond acceptors (Lipinski definition) is 7. The lowest BCUT2D eigenvalue weighted by atomic mass is 10.0. The third kappa shape index (κ3) is 13.0. The number of carbonyl (C=O) groups is 5. The molecule has 0 bridgehead atoms. The number of ether oxygens (including phenoxy) is 2. The van der Waals surface area contributed by atoms with Gasteiger partial charge in [0.05, 0.1) is 13.2 Å². The van der Waals surface area contributed by atoms with Crippen LogP contribution in [0.25, 0.3) is 0 Å². The van der Waals surface area contributed by atoms with E-state index in [1.807, 2.05) is 30.3 Å². The Kier molecular flexibility index (Phi) is 12.8. The molecule has 222 valence electrons. The number of hydrogen-bond donors (Lipinski definition) is 5. The van der Waals surface area contributed by atoms with Gasteiger partial charge in [-0.25, -0.2) is 4.79 Å². The van der Waals surface area contributed by atoms with Crippen LogP contribution in [-0.4, -0.2) is 71.8 Å². The summed E-state index contributed by atoms with van der Waals surface area (Å²) in [4.78, 5) is 62.2. The Balaban J connectivity index is 2.17. The molecule has 0 saturated carbocycles. The van der Waals surface area contributed by atoms with Gasteiger partial charge < -0.3 is 35.8 Å². The van der Waals surface area contributed by atoms with Gasteiger partial charge in [0.1, 0.15) is 30.3 Å². The quantitative estimate of drug-likeness (QED) is 0.227. The highest BCUT2D eigenvalue weighted by atomic mass is 16.6. The topological polar surface area (TPSA) is 172 Å². The molecule has 4 amide bonds. The van der Waals surface area contributed by atoms with Gasteiger partial charge in [-0.3, -0.25) is 19.2 Å². The summed E-state index contributed by atoms with van der Waals surface area (Å²) in [6.07, 6.45) is -0.736. The van der Waals surface area contributed by atoms with E-state index in [-0.39, 0.29) is 19.6 Å². The third-order valence-corrected chi connectivity index (χ3v) is 5.49. The number of nitrogens with one attached hydrogen (secondary N) is 4. The van der Waals surface area contributed by atoms with Gasteiger partial charge in [-0.1, -0.05) is 60.7 Å². The van der Waals surface area contributed by atoms with Crippen molar-refractivity contribution in [2.45, 2.75) is 64.4 Å². The van der Waals surface area contributed by atoms with E-state index in [0.29, 0.717) is 0 Å². The Morgan fingerprint density at radius 3 is 1.90 bits per heavy atom. The van der Waals surface area contributed by atoms with Crippen molar-refractivity contribution in [3.63, 3.8) is 0 Å². The summed E-state index contributed by atoms with van der Waals surface area (Å²) >= 11 is 0. The number of rotatable bonds is 14. The fourth-order valence-corrected chi connectivity index (χ4v) is 3.52. The highest BCUT2D eigenvalue weighted by molar-refractivity contribution is 5.94. The Morgan fingerprint density at radius 2 is 1.34 bits per heavy atom. The lowest BCUT2D eigenvalue weighted by Gasteiger charge is -2.25. The monoisotopic (exact) mass is 570 g/mol. The molecule has 0 aliphatic heterocycles. The van der Waals surface area contributed by atoms with E-state index in [0.717, 1.165) is 11.1 Å². The van der Waals surface area contributed by atoms with Gasteiger partial charge >= 0.3 is 12.1 Å². The van der Waals surface area contributed by atoms with Crippen molar-refractivity contribution in [2.75, 3.05) is 13.2 Å². The first-order chi connectivity index (χ1) is 19.3. The maximum atomic E-state index is 13.4. The van der Waals surface area contributed by atoms with Crippen LogP contribution in [0.3, 0.4) is 0 Å². The van der Waals surface area contributed by atoms with Gasteiger partial charge in [0.2, 0.25) is 17.7 Å². The SMILES string of the molecule is C[C@H](NC(=O)OC(C)(C)C)C(=O)N[C@@H](COCc1ccccc1)C(=O)N[C@@H](Cc1ccccc1)C(=O)NCC(=O)O. The first-order valence-electron chi connectivity index (χ1n) is 13.1. The Hall–Kier alpha value is -4.45. The maximum absolute atomic E-state index is 13.4. The normalized spacial score (nSPS) is 13.2. The molecule has 0 aromatic heterocycles. The second-order valence-electron chi connectivity index (χ2n) is 10.3. The molecule has 0 heterocycles. The van der Waals surface area contributed by atoms with E-state index in [9.17, 15) is 24.0 Å². The average Bonchev–Trinajstić information content (AvgIpc) is 2.90. The molecular weight excluding hydrogens is 532 g/mol. The zero-order valence-electron chi connectivity index (χ0n) is 23.6. The molecule has 0 radical (unpaired) electrons. The fraction of sp³-hybridized carbons (Fsp3) is 0.414. The highest BCUT2D eigenvalue weighted by Crippen LogP contribution is 2.08. The van der Waals surface area contributed by atoms with Crippen molar-refractivity contribution < 1.29 is 38.6 Å². The number of carboxylic acids is 1. The summed E-state index contributed by atoms with van der Waals surface area (Å²) in [7, 11) is 0. The Bertz CT molecular complexity index is 1170. The number of benzene rings is 2. The summed E-state index contributed by atoms with van der Waals surface area (Å²) in [5.74, 6) is -3.37. The zero-order valence-corrected chi connectivity index (χ0v) is 23.6. The first kappa shape index (κ1) is 32.8. The fourth-order valence-electron chi connectivity index (χ4n) is 3.52. The van der Waals surface area contributed by atoms with Gasteiger partial charge in [-0.05, 0) is 38.8 Å². The molecule has 0 aliphatic carbocycles. The van der Waals surface area contributed by atoms with Crippen LogP contribution >= 0.6 is 0 Å². The van der Waals surface area contributed by atoms with Crippen LogP contribution < -0.4 is 21.3 Å². The average molecular weight is 571 g/mol. The molecule has 0 saturated heterocycles. The van der Waals surface area contributed by atoms with E-state index >= 15 is 0 Å². The van der Waals surface area contributed by atoms with Crippen molar-refractivity contribution in [1.29, 1.82) is 0 Å². The molecule has 3 atom stereocenters. The van der Waals surface area contributed by atoms with Crippen molar-refractivity contribution in [2.24, 2.45) is 0 Å². The molecule has 2 rings (SSSR count). The van der Waals surface area contributed by atoms with Crippen LogP contribution in [-0.2, 0) is 41.7 Å². The lowest BCUT2D eigenvalue weighted by molar-refractivity contribution is -0.138. The van der Waals surface area contributed by atoms with E-state index in [4.69, 9.17) is 14.6 Å². The smallest absolute Gasteiger partial charge is 0.408 e. The van der Waals surface area contributed by atoms with Crippen molar-refractivity contribution in [3.05, 3.63) is 71.8 Å². The molecule has 2 aromatic carbocycles. The minimum absolute atomic E-state index is 0.0696. The summed E-state index contributed by atoms with van der Waals surface area (Å²) < 4.78 is 10.9. The van der Waals surface area contributed by atoms with Crippen molar-refractivity contribution in [1.82, 2.24) is 21.3 Å². The lowest BCUT2D eigenvalue weighted by Crippen LogP contribution is -2.58. The zero-order chi connectivity index (χ0) is 30.4. The summed E-state index contributed by atoms with van der Waals surface area (Å²) in [5.41, 5.74) is 0.787. The molecule has 2 aromatic rings. The van der Waals surface area contributed by atoms with Gasteiger partial charge in [-0.15, -0.1) is 0 Å². The van der Waals surface area contributed by atoms with Crippen LogP contribution in [0.2, 0.25) is 0 Å². The van der Waals surface area contributed by atoms with Gasteiger partial charge in [-0.2, -0.15) is 0 Å². The van der Waals surface area contributed by atoms with Crippen LogP contribution in [0.4, 0.5) is 4.79 Å². The van der Waals surface area contributed by atoms with E-state index < -0.39 is 60.1 Å². The number of carboxylic acid groups (broad SMARTS) is 1.